The van der Waals surface area contributed by atoms with Crippen LogP contribution < -0.4 is 5.32 Å². The fourth-order valence-electron chi connectivity index (χ4n) is 5.58. The van der Waals surface area contributed by atoms with Crippen molar-refractivity contribution in [3.63, 3.8) is 0 Å². The van der Waals surface area contributed by atoms with E-state index in [1.807, 2.05) is 60.7 Å². The van der Waals surface area contributed by atoms with Gasteiger partial charge in [-0.25, -0.2) is 9.59 Å². The number of nitrogens with one attached hydrogen (secondary N) is 1. The first-order valence-electron chi connectivity index (χ1n) is 14.2. The van der Waals surface area contributed by atoms with Crippen LogP contribution in [0.4, 0.5) is 9.59 Å². The molecule has 2 fully saturated rings. The fourth-order valence-corrected chi connectivity index (χ4v) is 5.58. The van der Waals surface area contributed by atoms with Crippen molar-refractivity contribution >= 4 is 24.1 Å². The zero-order valence-electron chi connectivity index (χ0n) is 23.4. The predicted octanol–water partition coefficient (Wildman–Crippen LogP) is 4.75. The van der Waals surface area contributed by atoms with E-state index in [1.54, 1.807) is 4.90 Å². The zero-order valence-corrected chi connectivity index (χ0v) is 23.4. The average Bonchev–Trinajstić information content (AvgIpc) is 3.31. The van der Waals surface area contributed by atoms with Crippen LogP contribution in [-0.4, -0.2) is 60.9 Å². The highest BCUT2D eigenvalue weighted by atomic mass is 16.7. The maximum atomic E-state index is 13.5. The van der Waals surface area contributed by atoms with Crippen molar-refractivity contribution in [2.24, 2.45) is 5.92 Å². The first kappa shape index (κ1) is 29.9. The summed E-state index contributed by atoms with van der Waals surface area (Å²) in [5.41, 5.74) is 1.69. The summed E-state index contributed by atoms with van der Waals surface area (Å²) in [7, 11) is 1.36. The van der Waals surface area contributed by atoms with Crippen LogP contribution >= 0.6 is 0 Å². The summed E-state index contributed by atoms with van der Waals surface area (Å²) in [6, 6.07) is 18.0. The molecule has 1 N–H and O–H groups in total. The van der Waals surface area contributed by atoms with E-state index in [-0.39, 0.29) is 31.1 Å². The Bertz CT molecular complexity index is 1160. The van der Waals surface area contributed by atoms with E-state index >= 15 is 0 Å². The molecule has 0 aliphatic carbocycles. The molecule has 4 atom stereocenters. The van der Waals surface area contributed by atoms with Gasteiger partial charge >= 0.3 is 18.2 Å². The van der Waals surface area contributed by atoms with Gasteiger partial charge in [0.1, 0.15) is 19.3 Å². The van der Waals surface area contributed by atoms with Crippen LogP contribution in [0.5, 0.6) is 0 Å². The number of methoxy groups -OCH3 is 1. The Morgan fingerprint density at radius 1 is 0.854 bits per heavy atom. The summed E-state index contributed by atoms with van der Waals surface area (Å²) in [5, 5.41) is 2.95. The van der Waals surface area contributed by atoms with E-state index in [2.05, 4.69) is 10.1 Å². The maximum Gasteiger partial charge on any atom is 0.508 e. The lowest BCUT2D eigenvalue weighted by Crippen LogP contribution is -2.58. The average molecular weight is 567 g/mol. The molecule has 10 nitrogen and oxygen atoms in total. The second-order valence-electron chi connectivity index (χ2n) is 10.4. The minimum atomic E-state index is -0.848. The highest BCUT2D eigenvalue weighted by molar-refractivity contribution is 5.82. The molecule has 0 aromatic heterocycles. The Labute approximate surface area is 240 Å². The summed E-state index contributed by atoms with van der Waals surface area (Å²) >= 11 is 0. The normalized spacial score (nSPS) is 21.0. The van der Waals surface area contributed by atoms with Crippen LogP contribution in [0.15, 0.2) is 60.7 Å². The Kier molecular flexibility index (Phi) is 11.0. The Hall–Kier alpha value is -4.08. The van der Waals surface area contributed by atoms with Crippen LogP contribution in [0.3, 0.4) is 0 Å². The van der Waals surface area contributed by atoms with Crippen molar-refractivity contribution in [1.29, 1.82) is 0 Å². The van der Waals surface area contributed by atoms with Gasteiger partial charge in [0.05, 0.1) is 19.1 Å². The third-order valence-electron chi connectivity index (χ3n) is 7.62. The Morgan fingerprint density at radius 2 is 1.51 bits per heavy atom. The number of carbonyl (C=O) groups is 4. The topological polar surface area (TPSA) is 120 Å². The molecule has 0 unspecified atom stereocenters. The monoisotopic (exact) mass is 566 g/mol. The van der Waals surface area contributed by atoms with Crippen LogP contribution in [-0.2, 0) is 41.8 Å². The van der Waals surface area contributed by atoms with E-state index in [1.165, 1.54) is 7.11 Å². The number of ether oxygens (including phenoxy) is 4. The third-order valence-corrected chi connectivity index (χ3v) is 7.62. The van der Waals surface area contributed by atoms with Crippen LogP contribution in [0, 0.1) is 5.92 Å². The van der Waals surface area contributed by atoms with E-state index in [4.69, 9.17) is 14.2 Å². The molecule has 2 bridgehead atoms. The van der Waals surface area contributed by atoms with Crippen molar-refractivity contribution in [2.75, 3.05) is 13.7 Å². The molecule has 2 aromatic carbocycles. The van der Waals surface area contributed by atoms with Gasteiger partial charge < -0.3 is 29.2 Å². The maximum absolute atomic E-state index is 13.5. The van der Waals surface area contributed by atoms with Gasteiger partial charge in [-0.3, -0.25) is 9.59 Å². The molecule has 2 aliphatic rings. The molecular weight excluding hydrogens is 528 g/mol. The minimum absolute atomic E-state index is 0.0552. The minimum Gasteiger partial charge on any atom is -0.469 e. The first-order chi connectivity index (χ1) is 20.0. The molecule has 10 heteroatoms. The van der Waals surface area contributed by atoms with Crippen molar-refractivity contribution in [3.05, 3.63) is 71.8 Å². The second-order valence-corrected chi connectivity index (χ2v) is 10.4. The van der Waals surface area contributed by atoms with Gasteiger partial charge in [-0.1, -0.05) is 67.1 Å². The standard InChI is InChI=1S/C31H38N2O8/c1-38-27(34)15-9-4-10-18-32-29(35)28-25-17-16-24(33(25)30(36)39-20-22-11-5-2-6-12-22)19-26(28)41-31(37)40-21-23-13-7-3-8-14-23/h2-3,5-8,11-14,24-26,28H,4,9-10,15-21H2,1H3,(H,32,35)/t24-,25+,26-,28+/m0/s1. The SMILES string of the molecule is COC(=O)CCCCCNC(=O)[C@H]1[C@@H](OC(=O)OCc2ccccc2)C[C@@H]2CC[C@H]1N2C(=O)OCc1ccccc1. The highest BCUT2D eigenvalue weighted by Gasteiger charge is 2.54. The van der Waals surface area contributed by atoms with Gasteiger partial charge in [-0.05, 0) is 36.8 Å². The molecule has 4 rings (SSSR count). The molecule has 2 aliphatic heterocycles. The summed E-state index contributed by atoms with van der Waals surface area (Å²) < 4.78 is 21.3. The molecule has 0 spiro atoms. The van der Waals surface area contributed by atoms with Gasteiger partial charge in [-0.2, -0.15) is 0 Å². The summed E-state index contributed by atoms with van der Waals surface area (Å²) in [5.74, 6) is -1.31. The quantitative estimate of drug-likeness (QED) is 0.222. The van der Waals surface area contributed by atoms with Gasteiger partial charge in [-0.15, -0.1) is 0 Å². The van der Waals surface area contributed by atoms with Gasteiger partial charge in [0.2, 0.25) is 5.91 Å². The number of benzene rings is 2. The van der Waals surface area contributed by atoms with Gasteiger partial charge in [0.15, 0.2) is 0 Å². The number of esters is 1. The van der Waals surface area contributed by atoms with Crippen molar-refractivity contribution in [2.45, 2.75) is 76.3 Å². The molecule has 41 heavy (non-hydrogen) atoms. The highest BCUT2D eigenvalue weighted by Crippen LogP contribution is 2.41. The largest absolute Gasteiger partial charge is 0.508 e. The number of nitrogens with zero attached hydrogens (tertiary/aromatic N) is 1. The smallest absolute Gasteiger partial charge is 0.469 e. The lowest BCUT2D eigenvalue weighted by atomic mass is 9.86. The number of piperidine rings is 1. The van der Waals surface area contributed by atoms with E-state index in [0.29, 0.717) is 45.1 Å². The van der Waals surface area contributed by atoms with Crippen LogP contribution in [0.1, 0.15) is 56.1 Å². The molecule has 0 radical (unpaired) electrons. The lowest BCUT2D eigenvalue weighted by molar-refractivity contribution is -0.141. The van der Waals surface area contributed by atoms with Crippen molar-refractivity contribution < 1.29 is 38.1 Å². The molecule has 2 saturated heterocycles. The zero-order chi connectivity index (χ0) is 29.0. The Balaban J connectivity index is 1.38. The fraction of sp³-hybridized carbons (Fsp3) is 0.484. The number of hydrogen-bond donors (Lipinski definition) is 1. The van der Waals surface area contributed by atoms with E-state index in [0.717, 1.165) is 17.5 Å². The predicted molar refractivity (Wildman–Crippen MR) is 148 cm³/mol. The summed E-state index contributed by atoms with van der Waals surface area (Å²) in [6.07, 6.45) is 1.94. The summed E-state index contributed by atoms with van der Waals surface area (Å²) in [4.78, 5) is 52.3. The van der Waals surface area contributed by atoms with Crippen LogP contribution in [0.2, 0.25) is 0 Å². The molecular formula is C31H38N2O8. The van der Waals surface area contributed by atoms with Gasteiger partial charge in [0.25, 0.3) is 0 Å². The molecule has 0 saturated carbocycles. The molecule has 2 heterocycles. The number of amides is 2. The third kappa shape index (κ3) is 8.45. The first-order valence-corrected chi connectivity index (χ1v) is 14.2. The lowest BCUT2D eigenvalue weighted by Gasteiger charge is -2.42. The molecule has 220 valence electrons. The Morgan fingerprint density at radius 3 is 2.17 bits per heavy atom. The second kappa shape index (κ2) is 15.1. The number of carbonyl (C=O) groups excluding carboxylic acids is 4. The van der Waals surface area contributed by atoms with Gasteiger partial charge in [0, 0.05) is 25.4 Å². The number of hydrogen-bond acceptors (Lipinski definition) is 8. The van der Waals surface area contributed by atoms with Crippen molar-refractivity contribution in [3.8, 4) is 0 Å². The number of rotatable bonds is 12. The number of fused-ring (bicyclic) bond motifs is 2. The van der Waals surface area contributed by atoms with Crippen LogP contribution in [0.25, 0.3) is 0 Å². The summed E-state index contributed by atoms with van der Waals surface area (Å²) in [6.45, 7) is 0.583. The number of unbranched alkanes of at least 4 members (excludes halogenated alkanes) is 2. The molecule has 2 amide bonds. The van der Waals surface area contributed by atoms with E-state index in [9.17, 15) is 19.2 Å². The molecule has 2 aromatic rings. The van der Waals surface area contributed by atoms with E-state index < -0.39 is 30.3 Å². The van der Waals surface area contributed by atoms with Crippen molar-refractivity contribution in [1.82, 2.24) is 10.2 Å².